The SMILES string of the molecule is [2H]C(C)(C)CCN. The molecule has 1 heteroatoms. The van der Waals surface area contributed by atoms with Gasteiger partial charge < -0.3 is 5.73 Å². The van der Waals surface area contributed by atoms with E-state index in [0.29, 0.717) is 6.54 Å². The van der Waals surface area contributed by atoms with Crippen LogP contribution in [0.1, 0.15) is 21.6 Å². The van der Waals surface area contributed by atoms with Crippen LogP contribution in [0.3, 0.4) is 0 Å². The fourth-order valence-electron chi connectivity index (χ4n) is 0.289. The average Bonchev–Trinajstić information content (AvgIpc) is 1.30. The molecule has 38 valence electrons. The molecular formula is C5H13N. The van der Waals surface area contributed by atoms with Crippen molar-refractivity contribution in [3.8, 4) is 0 Å². The largest absolute Gasteiger partial charge is 0.330 e. The Balaban J connectivity index is 3.15. The van der Waals surface area contributed by atoms with Crippen LogP contribution in [-0.4, -0.2) is 6.54 Å². The Morgan fingerprint density at radius 3 is 2.33 bits per heavy atom. The third-order valence-electron chi connectivity index (χ3n) is 0.644. The molecule has 0 saturated carbocycles. The lowest BCUT2D eigenvalue weighted by atomic mass is 10.1. The van der Waals surface area contributed by atoms with Gasteiger partial charge in [0.25, 0.3) is 0 Å². The van der Waals surface area contributed by atoms with Crippen LogP contribution in [0, 0.1) is 5.89 Å². The summed E-state index contributed by atoms with van der Waals surface area (Å²) in [5.41, 5.74) is 5.19. The molecule has 0 aromatic heterocycles. The van der Waals surface area contributed by atoms with Crippen LogP contribution >= 0.6 is 0 Å². The van der Waals surface area contributed by atoms with Crippen LogP contribution in [0.2, 0.25) is 0 Å². The first-order valence-corrected chi connectivity index (χ1v) is 2.26. The van der Waals surface area contributed by atoms with Gasteiger partial charge in [0.2, 0.25) is 0 Å². The second-order valence-corrected chi connectivity index (χ2v) is 1.75. The zero-order valence-electron chi connectivity index (χ0n) is 5.49. The van der Waals surface area contributed by atoms with Gasteiger partial charge >= 0.3 is 0 Å². The van der Waals surface area contributed by atoms with E-state index < -0.39 is 0 Å². The minimum atomic E-state index is -0.325. The molecule has 0 bridgehead atoms. The molecule has 0 aliphatic rings. The van der Waals surface area contributed by atoms with Gasteiger partial charge in [0.1, 0.15) is 0 Å². The summed E-state index contributed by atoms with van der Waals surface area (Å²) in [6, 6.07) is 0. The van der Waals surface area contributed by atoms with Crippen molar-refractivity contribution in [3.63, 3.8) is 0 Å². The fourth-order valence-corrected chi connectivity index (χ4v) is 0.289. The molecule has 0 spiro atoms. The highest BCUT2D eigenvalue weighted by molar-refractivity contribution is 4.42. The Morgan fingerprint density at radius 2 is 2.33 bits per heavy atom. The first-order chi connectivity index (χ1) is 3.06. The highest BCUT2D eigenvalue weighted by Crippen LogP contribution is 1.93. The number of hydrogen-bond acceptors (Lipinski definition) is 1. The summed E-state index contributed by atoms with van der Waals surface area (Å²) in [6.07, 6.45) is 0.785. The average molecular weight is 88.2 g/mol. The maximum Gasteiger partial charge on any atom is 0.0297 e. The Kier molecular flexibility index (Phi) is 2.18. The van der Waals surface area contributed by atoms with E-state index in [9.17, 15) is 0 Å². The molecule has 1 nitrogen and oxygen atoms in total. The molecule has 0 heterocycles. The quantitative estimate of drug-likeness (QED) is 0.535. The van der Waals surface area contributed by atoms with Crippen LogP contribution in [0.15, 0.2) is 0 Å². The number of hydrogen-bond donors (Lipinski definition) is 1. The second kappa shape index (κ2) is 3.16. The lowest BCUT2D eigenvalue weighted by Gasteiger charge is -1.96. The van der Waals surface area contributed by atoms with Crippen molar-refractivity contribution < 1.29 is 1.37 Å². The van der Waals surface area contributed by atoms with Gasteiger partial charge in [-0.3, -0.25) is 0 Å². The van der Waals surface area contributed by atoms with E-state index in [1.165, 1.54) is 0 Å². The summed E-state index contributed by atoms with van der Waals surface area (Å²) in [5, 5.41) is 0. The summed E-state index contributed by atoms with van der Waals surface area (Å²) < 4.78 is 7.25. The zero-order chi connectivity index (χ0) is 5.91. The lowest BCUT2D eigenvalue weighted by molar-refractivity contribution is 0.596. The molecule has 0 aliphatic carbocycles. The molecule has 2 N–H and O–H groups in total. The summed E-state index contributed by atoms with van der Waals surface area (Å²) in [7, 11) is 0. The Labute approximate surface area is 40.9 Å². The van der Waals surface area contributed by atoms with E-state index in [-0.39, 0.29) is 5.89 Å². The number of nitrogens with two attached hydrogens (primary N) is 1. The van der Waals surface area contributed by atoms with Gasteiger partial charge in [-0.25, -0.2) is 0 Å². The molecule has 0 fully saturated rings. The van der Waals surface area contributed by atoms with E-state index in [1.54, 1.807) is 0 Å². The van der Waals surface area contributed by atoms with Crippen LogP contribution < -0.4 is 5.73 Å². The van der Waals surface area contributed by atoms with Crippen molar-refractivity contribution >= 4 is 0 Å². The number of rotatable bonds is 2. The zero-order valence-corrected chi connectivity index (χ0v) is 4.49. The molecule has 0 aliphatic heterocycles. The Bertz CT molecular complexity index is 46.5. The summed E-state index contributed by atoms with van der Waals surface area (Å²) in [6.45, 7) is 4.34. The van der Waals surface area contributed by atoms with Crippen molar-refractivity contribution in [2.24, 2.45) is 11.6 Å². The van der Waals surface area contributed by atoms with Crippen molar-refractivity contribution in [2.45, 2.75) is 20.3 Å². The van der Waals surface area contributed by atoms with E-state index in [0.717, 1.165) is 6.42 Å². The molecule has 0 rings (SSSR count). The third-order valence-corrected chi connectivity index (χ3v) is 0.644. The predicted octanol–water partition coefficient (Wildman–Crippen LogP) is 0.991. The first-order valence-electron chi connectivity index (χ1n) is 2.76. The summed E-state index contributed by atoms with van der Waals surface area (Å²) in [4.78, 5) is 0. The molecule has 0 radical (unpaired) electrons. The highest BCUT2D eigenvalue weighted by atomic mass is 14.5. The molecule has 0 amide bonds. The van der Waals surface area contributed by atoms with Crippen molar-refractivity contribution in [3.05, 3.63) is 0 Å². The van der Waals surface area contributed by atoms with Crippen LogP contribution in [-0.2, 0) is 0 Å². The van der Waals surface area contributed by atoms with Gasteiger partial charge in [-0.05, 0) is 18.9 Å². The van der Waals surface area contributed by atoms with Gasteiger partial charge in [0.15, 0.2) is 0 Å². The van der Waals surface area contributed by atoms with Gasteiger partial charge in [0.05, 0.1) is 0 Å². The highest BCUT2D eigenvalue weighted by Gasteiger charge is 1.85. The maximum absolute atomic E-state index is 7.25. The van der Waals surface area contributed by atoms with Crippen LogP contribution in [0.25, 0.3) is 0 Å². The molecule has 6 heavy (non-hydrogen) atoms. The minimum Gasteiger partial charge on any atom is -0.330 e. The Morgan fingerprint density at radius 1 is 1.83 bits per heavy atom. The Hall–Kier alpha value is -0.0400. The topological polar surface area (TPSA) is 26.0 Å². The van der Waals surface area contributed by atoms with E-state index >= 15 is 0 Å². The van der Waals surface area contributed by atoms with E-state index in [2.05, 4.69) is 0 Å². The second-order valence-electron chi connectivity index (χ2n) is 1.75. The maximum atomic E-state index is 7.25. The fraction of sp³-hybridized carbons (Fsp3) is 1.00. The minimum absolute atomic E-state index is 0.325. The van der Waals surface area contributed by atoms with Gasteiger partial charge in [-0.2, -0.15) is 0 Å². The van der Waals surface area contributed by atoms with Gasteiger partial charge in [-0.1, -0.05) is 13.8 Å². The normalized spacial score (nSPS) is 14.2. The summed E-state index contributed by atoms with van der Waals surface area (Å²) >= 11 is 0. The van der Waals surface area contributed by atoms with E-state index in [4.69, 9.17) is 7.10 Å². The van der Waals surface area contributed by atoms with Crippen molar-refractivity contribution in [1.82, 2.24) is 0 Å². The predicted molar refractivity (Wildman–Crippen MR) is 28.5 cm³/mol. The third kappa shape index (κ3) is 3.96. The lowest BCUT2D eigenvalue weighted by Crippen LogP contribution is -2.01. The van der Waals surface area contributed by atoms with Crippen molar-refractivity contribution in [2.75, 3.05) is 6.54 Å². The summed E-state index contributed by atoms with van der Waals surface area (Å²) in [5.74, 6) is -0.325. The monoisotopic (exact) mass is 88.1 g/mol. The van der Waals surface area contributed by atoms with Crippen LogP contribution in [0.5, 0.6) is 0 Å². The molecular weight excluding hydrogens is 74.1 g/mol. The molecule has 0 atom stereocenters. The van der Waals surface area contributed by atoms with Gasteiger partial charge in [0, 0.05) is 1.37 Å². The molecule has 0 aromatic rings. The van der Waals surface area contributed by atoms with Crippen molar-refractivity contribution in [1.29, 1.82) is 0 Å². The van der Waals surface area contributed by atoms with Crippen LogP contribution in [0.4, 0.5) is 0 Å². The van der Waals surface area contributed by atoms with E-state index in [1.807, 2.05) is 13.8 Å². The first kappa shape index (κ1) is 4.13. The standard InChI is InChI=1S/C5H13N/c1-5(2)3-4-6/h5H,3-4,6H2,1-2H3/i5D. The van der Waals surface area contributed by atoms with Gasteiger partial charge in [-0.15, -0.1) is 0 Å². The molecule has 0 aromatic carbocycles. The smallest absolute Gasteiger partial charge is 0.0297 e. The molecule has 0 saturated heterocycles. The molecule has 0 unspecified atom stereocenters.